The number of rotatable bonds is 3. The molecule has 4 fully saturated rings. The third-order valence-electron chi connectivity index (χ3n) is 14.3. The van der Waals surface area contributed by atoms with Gasteiger partial charge in [0.15, 0.2) is 0 Å². The molecule has 0 aliphatic heterocycles. The molecule has 1 heterocycles. The van der Waals surface area contributed by atoms with Crippen LogP contribution in [0.5, 0.6) is 0 Å². The van der Waals surface area contributed by atoms with E-state index in [4.69, 9.17) is 16.0 Å². The minimum Gasteiger partial charge on any atom is -0.456 e. The lowest BCUT2D eigenvalue weighted by atomic mass is 9.43. The van der Waals surface area contributed by atoms with Gasteiger partial charge in [0, 0.05) is 39.0 Å². The van der Waals surface area contributed by atoms with Gasteiger partial charge in [-0.15, -0.1) is 0 Å². The molecule has 254 valence electrons. The van der Waals surface area contributed by atoms with Crippen molar-refractivity contribution in [2.45, 2.75) is 56.8 Å². The zero-order chi connectivity index (χ0) is 34.5. The molecular formula is C49H40ClNO. The van der Waals surface area contributed by atoms with Crippen LogP contribution in [-0.4, -0.2) is 0 Å². The molecule has 0 unspecified atom stereocenters. The van der Waals surface area contributed by atoms with Gasteiger partial charge in [-0.05, 0) is 143 Å². The van der Waals surface area contributed by atoms with E-state index in [1.54, 1.807) is 5.56 Å². The summed E-state index contributed by atoms with van der Waals surface area (Å²) in [7, 11) is 0. The predicted octanol–water partition coefficient (Wildman–Crippen LogP) is 13.7. The van der Waals surface area contributed by atoms with E-state index in [0.29, 0.717) is 11.8 Å². The molecule has 0 amide bonds. The molecule has 6 aliphatic carbocycles. The molecule has 0 atom stereocenters. The molecule has 1 spiro atoms. The number of furan rings is 1. The van der Waals surface area contributed by atoms with Crippen molar-refractivity contribution in [1.82, 2.24) is 0 Å². The van der Waals surface area contributed by atoms with E-state index in [1.807, 2.05) is 6.07 Å². The highest BCUT2D eigenvalue weighted by atomic mass is 35.5. The van der Waals surface area contributed by atoms with Crippen molar-refractivity contribution in [1.29, 1.82) is 0 Å². The summed E-state index contributed by atoms with van der Waals surface area (Å²) in [4.78, 5) is 2.42. The van der Waals surface area contributed by atoms with Crippen molar-refractivity contribution >= 4 is 50.6 Å². The number of nitrogens with zero attached hydrogens (tertiary/aromatic N) is 1. The van der Waals surface area contributed by atoms with Crippen LogP contribution in [0.1, 0.15) is 68.2 Å². The highest BCUT2D eigenvalue weighted by Crippen LogP contribution is 2.70. The van der Waals surface area contributed by atoms with Gasteiger partial charge in [0.25, 0.3) is 0 Å². The Hall–Kier alpha value is -4.79. The number of benzene rings is 6. The first-order valence-electron chi connectivity index (χ1n) is 19.3. The number of fused-ring (bicyclic) bond motifs is 9. The maximum Gasteiger partial charge on any atom is 0.137 e. The van der Waals surface area contributed by atoms with E-state index in [1.165, 1.54) is 71.0 Å². The molecular weight excluding hydrogens is 654 g/mol. The first-order chi connectivity index (χ1) is 25.4. The Labute approximate surface area is 310 Å². The largest absolute Gasteiger partial charge is 0.456 e. The van der Waals surface area contributed by atoms with Crippen LogP contribution in [0.3, 0.4) is 0 Å². The van der Waals surface area contributed by atoms with Crippen LogP contribution in [0.2, 0.25) is 5.02 Å². The summed E-state index contributed by atoms with van der Waals surface area (Å²) in [6.07, 6.45) is 6.86. The molecule has 0 radical (unpaired) electrons. The lowest BCUT2D eigenvalue weighted by molar-refractivity contribution is -0.0399. The zero-order valence-electron chi connectivity index (χ0n) is 29.6. The molecule has 1 aromatic heterocycles. The highest BCUT2D eigenvalue weighted by Gasteiger charge is 2.61. The second-order valence-electron chi connectivity index (χ2n) is 17.1. The maximum absolute atomic E-state index is 7.61. The fraction of sp³-hybridized carbons (Fsp3) is 0.265. The average molecular weight is 694 g/mol. The van der Waals surface area contributed by atoms with Crippen LogP contribution in [0.25, 0.3) is 44.2 Å². The SMILES string of the molecule is CC1(C)c2ccccc2-c2ccc(N(c3ccc4c(c3)oc3ccccc34)c3cc4c(cc3Cl)-c3ccccc3C43C4CC5CC(C4)CC3C5)cc21. The first-order valence-corrected chi connectivity index (χ1v) is 19.7. The Morgan fingerprint density at radius 3 is 1.94 bits per heavy atom. The monoisotopic (exact) mass is 693 g/mol. The smallest absolute Gasteiger partial charge is 0.137 e. The Balaban J connectivity index is 1.11. The molecule has 4 bridgehead atoms. The number of anilines is 3. The second kappa shape index (κ2) is 10.2. The molecule has 4 saturated carbocycles. The Kier molecular flexibility index (Phi) is 5.84. The number of hydrogen-bond acceptors (Lipinski definition) is 2. The van der Waals surface area contributed by atoms with E-state index in [2.05, 4.69) is 134 Å². The predicted molar refractivity (Wildman–Crippen MR) is 214 cm³/mol. The molecule has 2 nitrogen and oxygen atoms in total. The number of para-hydroxylation sites is 1. The van der Waals surface area contributed by atoms with Crippen molar-refractivity contribution < 1.29 is 4.42 Å². The van der Waals surface area contributed by atoms with Crippen molar-refractivity contribution in [3.05, 3.63) is 149 Å². The molecule has 6 aliphatic rings. The number of hydrogen-bond donors (Lipinski definition) is 0. The molecule has 13 rings (SSSR count). The van der Waals surface area contributed by atoms with Gasteiger partial charge < -0.3 is 9.32 Å². The van der Waals surface area contributed by atoms with E-state index in [9.17, 15) is 0 Å². The minimum absolute atomic E-state index is 0.0502. The van der Waals surface area contributed by atoms with Gasteiger partial charge >= 0.3 is 0 Å². The Morgan fingerprint density at radius 2 is 1.15 bits per heavy atom. The Bertz CT molecular complexity index is 2630. The molecule has 0 saturated heterocycles. The zero-order valence-corrected chi connectivity index (χ0v) is 30.4. The maximum atomic E-state index is 7.61. The van der Waals surface area contributed by atoms with Gasteiger partial charge in [0.2, 0.25) is 0 Å². The van der Waals surface area contributed by atoms with Gasteiger partial charge in [-0.2, -0.15) is 0 Å². The lowest BCUT2D eigenvalue weighted by Crippen LogP contribution is -2.55. The third kappa shape index (κ3) is 3.72. The van der Waals surface area contributed by atoms with Crippen molar-refractivity contribution in [3.63, 3.8) is 0 Å². The highest BCUT2D eigenvalue weighted by molar-refractivity contribution is 6.34. The fourth-order valence-electron chi connectivity index (χ4n) is 12.4. The van der Waals surface area contributed by atoms with Crippen molar-refractivity contribution in [2.24, 2.45) is 23.7 Å². The fourth-order valence-corrected chi connectivity index (χ4v) is 12.7. The molecule has 52 heavy (non-hydrogen) atoms. The first kappa shape index (κ1) is 29.8. The van der Waals surface area contributed by atoms with Gasteiger partial charge in [-0.3, -0.25) is 0 Å². The third-order valence-corrected chi connectivity index (χ3v) is 14.6. The van der Waals surface area contributed by atoms with Crippen LogP contribution in [0.4, 0.5) is 17.1 Å². The minimum atomic E-state index is -0.121. The summed E-state index contributed by atoms with van der Waals surface area (Å²) in [6.45, 7) is 4.73. The van der Waals surface area contributed by atoms with Crippen molar-refractivity contribution in [3.8, 4) is 22.3 Å². The summed E-state index contributed by atoms with van der Waals surface area (Å²) in [5.74, 6) is 3.14. The summed E-state index contributed by atoms with van der Waals surface area (Å²) in [5, 5.41) is 3.06. The molecule has 6 aromatic carbocycles. The molecule has 3 heteroatoms. The molecule has 0 N–H and O–H groups in total. The van der Waals surface area contributed by atoms with E-state index in [0.717, 1.165) is 55.9 Å². The second-order valence-corrected chi connectivity index (χ2v) is 17.5. The van der Waals surface area contributed by atoms with Gasteiger partial charge in [-0.25, -0.2) is 0 Å². The summed E-state index contributed by atoms with van der Waals surface area (Å²) >= 11 is 7.61. The summed E-state index contributed by atoms with van der Waals surface area (Å²) < 4.78 is 6.51. The standard InChI is InChI=1S/C49H40ClNO/c1-48(2)40-12-6-3-9-34(40)36-17-15-32(24-42(36)48)51(33-16-18-38-37-11-5-8-14-46(37)52-47(38)25-33)45-27-43-39(26-44(45)50)35-10-4-7-13-41(35)49(43)30-20-28-19-29(22-30)23-31(49)21-28/h3-18,24-31H,19-23H2,1-2H3. The van der Waals surface area contributed by atoms with Crippen molar-refractivity contribution in [2.75, 3.05) is 4.90 Å². The van der Waals surface area contributed by atoms with Gasteiger partial charge in [0.05, 0.1) is 10.7 Å². The summed E-state index contributed by atoms with van der Waals surface area (Å²) in [5.41, 5.74) is 16.1. The lowest BCUT2D eigenvalue weighted by Gasteiger charge is -2.61. The summed E-state index contributed by atoms with van der Waals surface area (Å²) in [6, 6.07) is 45.2. The number of halogens is 1. The van der Waals surface area contributed by atoms with E-state index >= 15 is 0 Å². The van der Waals surface area contributed by atoms with E-state index in [-0.39, 0.29) is 10.8 Å². The van der Waals surface area contributed by atoms with Crippen LogP contribution in [-0.2, 0) is 10.8 Å². The quantitative estimate of drug-likeness (QED) is 0.183. The average Bonchev–Trinajstić information content (AvgIpc) is 3.74. The van der Waals surface area contributed by atoms with Gasteiger partial charge in [0.1, 0.15) is 11.2 Å². The Morgan fingerprint density at radius 1 is 0.538 bits per heavy atom. The van der Waals surface area contributed by atoms with E-state index < -0.39 is 0 Å². The normalized spacial score (nSPS) is 25.4. The van der Waals surface area contributed by atoms with Crippen LogP contribution in [0.15, 0.2) is 126 Å². The van der Waals surface area contributed by atoms with Crippen LogP contribution < -0.4 is 4.90 Å². The topological polar surface area (TPSA) is 16.4 Å². The van der Waals surface area contributed by atoms with Crippen LogP contribution in [0, 0.1) is 23.7 Å². The van der Waals surface area contributed by atoms with Gasteiger partial charge in [-0.1, -0.05) is 98.2 Å². The van der Waals surface area contributed by atoms with Crippen LogP contribution >= 0.6 is 11.6 Å². The molecule has 7 aromatic rings.